The summed E-state index contributed by atoms with van der Waals surface area (Å²) < 4.78 is 7.91. The number of nitrogens with one attached hydrogen (secondary N) is 1. The number of anilines is 1. The van der Waals surface area contributed by atoms with Crippen molar-refractivity contribution in [1.29, 1.82) is 0 Å². The third-order valence-corrected chi connectivity index (χ3v) is 2.96. The van der Waals surface area contributed by atoms with E-state index in [4.69, 9.17) is 11.6 Å². The van der Waals surface area contributed by atoms with Crippen molar-refractivity contribution >= 4 is 29.1 Å². The van der Waals surface area contributed by atoms with Gasteiger partial charge in [0.15, 0.2) is 11.0 Å². The van der Waals surface area contributed by atoms with E-state index < -0.39 is 0 Å². The molecule has 1 heterocycles. The van der Waals surface area contributed by atoms with Gasteiger partial charge in [0.1, 0.15) is 0 Å². The highest BCUT2D eigenvalue weighted by atomic mass is 35.5. The minimum atomic E-state index is 0.467. The number of hydrogen-bond donors (Lipinski definition) is 1. The fourth-order valence-electron chi connectivity index (χ4n) is 1.16. The summed E-state index contributed by atoms with van der Waals surface area (Å²) in [5.74, 6) is 0.698. The zero-order valence-corrected chi connectivity index (χ0v) is 10.0. The topological polar surface area (TPSA) is 41.0 Å². The van der Waals surface area contributed by atoms with Crippen LogP contribution in [0.3, 0.4) is 0 Å². The molecule has 0 spiro atoms. The molecule has 0 unspecified atom stereocenters. The number of aromatic nitrogens is 2. The van der Waals surface area contributed by atoms with Gasteiger partial charge >= 0.3 is 0 Å². The lowest BCUT2D eigenvalue weighted by atomic mass is 10.4. The molecule has 1 rings (SSSR count). The summed E-state index contributed by atoms with van der Waals surface area (Å²) in [7, 11) is 0. The minimum Gasteiger partial charge on any atom is -0.365 e. The smallest absolute Gasteiger partial charge is 0.186 e. The van der Waals surface area contributed by atoms with Gasteiger partial charge in [-0.1, -0.05) is 25.4 Å². The van der Waals surface area contributed by atoms with E-state index >= 15 is 0 Å². The highest BCUT2D eigenvalue weighted by Crippen LogP contribution is 2.16. The maximum atomic E-state index is 5.78. The molecule has 0 aromatic carbocycles. The van der Waals surface area contributed by atoms with E-state index in [0.29, 0.717) is 11.0 Å². The van der Waals surface area contributed by atoms with Gasteiger partial charge in [0.25, 0.3) is 0 Å². The van der Waals surface area contributed by atoms with E-state index in [0.717, 1.165) is 37.9 Å². The molecule has 1 aromatic rings. The average Bonchev–Trinajstić information content (AvgIpc) is 2.59. The van der Waals surface area contributed by atoms with Crippen LogP contribution in [0.4, 0.5) is 5.82 Å². The second kappa shape index (κ2) is 6.16. The van der Waals surface area contributed by atoms with Gasteiger partial charge in [-0.05, 0) is 13.1 Å². The third kappa shape index (κ3) is 3.40. The van der Waals surface area contributed by atoms with E-state index in [1.165, 1.54) is 0 Å². The molecule has 0 saturated heterocycles. The summed E-state index contributed by atoms with van der Waals surface area (Å²) in [5.41, 5.74) is 0. The highest BCUT2D eigenvalue weighted by molar-refractivity contribution is 6.99. The van der Waals surface area contributed by atoms with Gasteiger partial charge in [0.2, 0.25) is 0 Å². The molecule has 4 nitrogen and oxygen atoms in total. The molecule has 0 saturated carbocycles. The van der Waals surface area contributed by atoms with Crippen molar-refractivity contribution in [2.75, 3.05) is 31.5 Å². The Morgan fingerprint density at radius 1 is 1.36 bits per heavy atom. The summed E-state index contributed by atoms with van der Waals surface area (Å²) >= 11 is 6.91. The Labute approximate surface area is 93.6 Å². The number of hydrogen-bond acceptors (Lipinski definition) is 5. The average molecular weight is 235 g/mol. The van der Waals surface area contributed by atoms with Gasteiger partial charge in [0.05, 0.1) is 11.7 Å². The van der Waals surface area contributed by atoms with Crippen LogP contribution in [0.25, 0.3) is 0 Å². The molecule has 1 N–H and O–H groups in total. The molecule has 0 fully saturated rings. The summed E-state index contributed by atoms with van der Waals surface area (Å²) in [6, 6.07) is 0. The SMILES string of the molecule is CCN(CC)CCNc1nsnc1Cl. The van der Waals surface area contributed by atoms with E-state index in [1.54, 1.807) is 0 Å². The lowest BCUT2D eigenvalue weighted by molar-refractivity contribution is 0.316. The van der Waals surface area contributed by atoms with E-state index in [-0.39, 0.29) is 0 Å². The van der Waals surface area contributed by atoms with E-state index in [2.05, 4.69) is 32.8 Å². The molecule has 80 valence electrons. The second-order valence-corrected chi connectivity index (χ2v) is 3.74. The van der Waals surface area contributed by atoms with Crippen LogP contribution in [0, 0.1) is 0 Å². The van der Waals surface area contributed by atoms with Crippen LogP contribution in [-0.4, -0.2) is 39.8 Å². The monoisotopic (exact) mass is 234 g/mol. The fraction of sp³-hybridized carbons (Fsp3) is 0.750. The lowest BCUT2D eigenvalue weighted by Crippen LogP contribution is -2.28. The molecule has 1 aromatic heterocycles. The molecule has 0 amide bonds. The maximum Gasteiger partial charge on any atom is 0.186 e. The van der Waals surface area contributed by atoms with E-state index in [9.17, 15) is 0 Å². The first-order valence-corrected chi connectivity index (χ1v) is 5.83. The third-order valence-electron chi connectivity index (χ3n) is 2.06. The highest BCUT2D eigenvalue weighted by Gasteiger charge is 2.04. The first-order chi connectivity index (χ1) is 6.77. The molecule has 0 aliphatic rings. The number of likely N-dealkylation sites (N-methyl/N-ethyl adjacent to an activating group) is 1. The Morgan fingerprint density at radius 3 is 2.57 bits per heavy atom. The number of nitrogens with zero attached hydrogens (tertiary/aromatic N) is 3. The minimum absolute atomic E-state index is 0.467. The Hall–Kier alpha value is -0.390. The quantitative estimate of drug-likeness (QED) is 0.817. The van der Waals surface area contributed by atoms with Crippen molar-refractivity contribution in [3.8, 4) is 0 Å². The van der Waals surface area contributed by atoms with Gasteiger partial charge in [-0.3, -0.25) is 0 Å². The zero-order valence-electron chi connectivity index (χ0n) is 8.46. The predicted octanol–water partition coefficient (Wildman–Crippen LogP) is 1.95. The van der Waals surface area contributed by atoms with Crippen LogP contribution in [-0.2, 0) is 0 Å². The first kappa shape index (κ1) is 11.7. The summed E-state index contributed by atoms with van der Waals surface area (Å²) in [6.07, 6.45) is 0. The molecule has 0 radical (unpaired) electrons. The largest absolute Gasteiger partial charge is 0.365 e. The van der Waals surface area contributed by atoms with Gasteiger partial charge in [-0.25, -0.2) is 0 Å². The van der Waals surface area contributed by atoms with Crippen LogP contribution in [0.1, 0.15) is 13.8 Å². The number of halogens is 1. The van der Waals surface area contributed by atoms with Crippen molar-refractivity contribution < 1.29 is 0 Å². The molecule has 0 aliphatic carbocycles. The molecule has 14 heavy (non-hydrogen) atoms. The van der Waals surface area contributed by atoms with Crippen LogP contribution < -0.4 is 5.32 Å². The van der Waals surface area contributed by atoms with Gasteiger partial charge in [-0.15, -0.1) is 0 Å². The van der Waals surface area contributed by atoms with Crippen molar-refractivity contribution in [1.82, 2.24) is 13.6 Å². The maximum absolute atomic E-state index is 5.78. The van der Waals surface area contributed by atoms with Crippen molar-refractivity contribution in [2.45, 2.75) is 13.8 Å². The molecular weight excluding hydrogens is 220 g/mol. The van der Waals surface area contributed by atoms with Gasteiger partial charge in [-0.2, -0.15) is 8.75 Å². The predicted molar refractivity (Wildman–Crippen MR) is 61.2 cm³/mol. The Kier molecular flexibility index (Phi) is 5.14. The fourth-order valence-corrected chi connectivity index (χ4v) is 1.84. The molecule has 6 heteroatoms. The Morgan fingerprint density at radius 2 is 2.07 bits per heavy atom. The van der Waals surface area contributed by atoms with Crippen molar-refractivity contribution in [2.24, 2.45) is 0 Å². The molecular formula is C8H15ClN4S. The number of rotatable bonds is 6. The van der Waals surface area contributed by atoms with Crippen molar-refractivity contribution in [3.63, 3.8) is 0 Å². The van der Waals surface area contributed by atoms with Crippen LogP contribution >= 0.6 is 23.3 Å². The summed E-state index contributed by atoms with van der Waals surface area (Å²) in [5, 5.41) is 3.62. The normalized spacial score (nSPS) is 10.9. The molecule has 0 bridgehead atoms. The lowest BCUT2D eigenvalue weighted by Gasteiger charge is -2.17. The zero-order chi connectivity index (χ0) is 10.4. The summed E-state index contributed by atoms with van der Waals surface area (Å²) in [6.45, 7) is 8.30. The second-order valence-electron chi connectivity index (χ2n) is 2.86. The Bertz CT molecular complexity index is 262. The summed E-state index contributed by atoms with van der Waals surface area (Å²) in [4.78, 5) is 2.33. The standard InChI is InChI=1S/C8H15ClN4S/c1-3-13(4-2)6-5-10-8-7(9)11-14-12-8/h3-6H2,1-2H3,(H,10,12). The molecule has 0 atom stereocenters. The van der Waals surface area contributed by atoms with E-state index in [1.807, 2.05) is 0 Å². The molecule has 0 aliphatic heterocycles. The van der Waals surface area contributed by atoms with Gasteiger partial charge in [0, 0.05) is 13.1 Å². The van der Waals surface area contributed by atoms with Gasteiger partial charge < -0.3 is 10.2 Å². The van der Waals surface area contributed by atoms with Crippen molar-refractivity contribution in [3.05, 3.63) is 5.15 Å². The van der Waals surface area contributed by atoms with Crippen LogP contribution in [0.15, 0.2) is 0 Å². The van der Waals surface area contributed by atoms with Crippen LogP contribution in [0.2, 0.25) is 5.15 Å². The Balaban J connectivity index is 2.24. The first-order valence-electron chi connectivity index (χ1n) is 4.72. The van der Waals surface area contributed by atoms with Crippen LogP contribution in [0.5, 0.6) is 0 Å².